The number of carbonyl (C=O) groups excluding carboxylic acids is 1. The van der Waals surface area contributed by atoms with Crippen molar-refractivity contribution in [3.05, 3.63) is 71.8 Å². The number of nitrogen functional groups attached to an aromatic ring is 1. The maximum atomic E-state index is 12.2. The van der Waals surface area contributed by atoms with Gasteiger partial charge in [0.15, 0.2) is 5.82 Å². The van der Waals surface area contributed by atoms with Crippen molar-refractivity contribution in [2.45, 2.75) is 6.54 Å². The number of anilines is 2. The molecule has 0 saturated heterocycles. The molecule has 0 unspecified atom stereocenters. The van der Waals surface area contributed by atoms with Crippen LogP contribution in [0.5, 0.6) is 0 Å². The molecule has 0 aliphatic rings. The predicted octanol–water partition coefficient (Wildman–Crippen LogP) is 2.71. The van der Waals surface area contributed by atoms with E-state index in [0.29, 0.717) is 29.6 Å². The van der Waals surface area contributed by atoms with Gasteiger partial charge in [-0.25, -0.2) is 9.97 Å². The highest BCUT2D eigenvalue weighted by Crippen LogP contribution is 2.17. The first-order valence-corrected chi connectivity index (χ1v) is 7.81. The molecule has 0 fully saturated rings. The molecule has 0 radical (unpaired) electrons. The maximum Gasteiger partial charge on any atom is 0.228 e. The van der Waals surface area contributed by atoms with Crippen LogP contribution in [-0.2, 0) is 6.54 Å². The van der Waals surface area contributed by atoms with Crippen molar-refractivity contribution in [1.82, 2.24) is 19.9 Å². The predicted molar refractivity (Wildman–Crippen MR) is 96.3 cm³/mol. The number of aromatic nitrogens is 4. The fourth-order valence-electron chi connectivity index (χ4n) is 2.60. The van der Waals surface area contributed by atoms with Crippen LogP contribution in [0.3, 0.4) is 0 Å². The lowest BCUT2D eigenvalue weighted by molar-refractivity contribution is 0.103. The number of H-pyrrole nitrogens is 2. The minimum atomic E-state index is -0.126. The van der Waals surface area contributed by atoms with E-state index in [2.05, 4.69) is 25.3 Å². The molecule has 0 spiro atoms. The zero-order valence-corrected chi connectivity index (χ0v) is 13.3. The third kappa shape index (κ3) is 3.07. The van der Waals surface area contributed by atoms with Crippen LogP contribution in [0.1, 0.15) is 21.7 Å². The summed E-state index contributed by atoms with van der Waals surface area (Å²) < 4.78 is 0. The number of aromatic amines is 2. The molecule has 7 heteroatoms. The van der Waals surface area contributed by atoms with E-state index in [1.165, 1.54) is 0 Å². The van der Waals surface area contributed by atoms with Crippen molar-refractivity contribution in [3.63, 3.8) is 0 Å². The van der Waals surface area contributed by atoms with Gasteiger partial charge in [-0.3, -0.25) is 4.79 Å². The van der Waals surface area contributed by atoms with Gasteiger partial charge >= 0.3 is 0 Å². The maximum absolute atomic E-state index is 12.2. The van der Waals surface area contributed by atoms with Gasteiger partial charge < -0.3 is 21.0 Å². The third-order valence-electron chi connectivity index (χ3n) is 3.90. The summed E-state index contributed by atoms with van der Waals surface area (Å²) in [6, 6.07) is 12.9. The Kier molecular flexibility index (Phi) is 3.66. The average Bonchev–Trinajstić information content (AvgIpc) is 3.29. The third-order valence-corrected chi connectivity index (χ3v) is 3.90. The number of fused-ring (bicyclic) bond motifs is 1. The first-order chi connectivity index (χ1) is 12.2. The molecule has 0 saturated carbocycles. The first kappa shape index (κ1) is 14.9. The first-order valence-electron chi connectivity index (χ1n) is 7.81. The van der Waals surface area contributed by atoms with Crippen molar-refractivity contribution in [2.24, 2.45) is 0 Å². The minimum Gasteiger partial charge on any atom is -0.399 e. The van der Waals surface area contributed by atoms with E-state index in [0.717, 1.165) is 16.6 Å². The lowest BCUT2D eigenvalue weighted by Gasteiger charge is -2.04. The molecule has 124 valence electrons. The summed E-state index contributed by atoms with van der Waals surface area (Å²) >= 11 is 0. The second-order valence-corrected chi connectivity index (χ2v) is 5.68. The fourth-order valence-corrected chi connectivity index (χ4v) is 2.60. The Balaban J connectivity index is 1.44. The number of rotatable bonds is 5. The number of ketones is 1. The quantitative estimate of drug-likeness (QED) is 0.331. The smallest absolute Gasteiger partial charge is 0.228 e. The van der Waals surface area contributed by atoms with Crippen molar-refractivity contribution in [3.8, 4) is 0 Å². The second-order valence-electron chi connectivity index (χ2n) is 5.68. The Labute approximate surface area is 143 Å². The summed E-state index contributed by atoms with van der Waals surface area (Å²) in [6.07, 6.45) is 3.19. The highest BCUT2D eigenvalue weighted by atomic mass is 16.1. The zero-order valence-electron chi connectivity index (χ0n) is 13.3. The van der Waals surface area contributed by atoms with Crippen LogP contribution in [0.2, 0.25) is 0 Å². The molecule has 5 N–H and O–H groups in total. The molecule has 0 bridgehead atoms. The number of carbonyl (C=O) groups is 1. The topological polar surface area (TPSA) is 112 Å². The van der Waals surface area contributed by atoms with Gasteiger partial charge in [0.25, 0.3) is 0 Å². The molecule has 2 aromatic heterocycles. The summed E-state index contributed by atoms with van der Waals surface area (Å²) in [5.41, 5.74) is 9.84. The molecule has 0 aliphatic heterocycles. The Morgan fingerprint density at radius 3 is 2.76 bits per heavy atom. The highest BCUT2D eigenvalue weighted by molar-refractivity contribution is 6.06. The molecule has 0 amide bonds. The average molecular weight is 332 g/mol. The SMILES string of the molecule is Nc1ccc2nc(NCc3ccc(C(=O)c4ncc[nH]4)cc3)[nH]c2c1. The van der Waals surface area contributed by atoms with E-state index < -0.39 is 0 Å². The van der Waals surface area contributed by atoms with Gasteiger partial charge in [0.1, 0.15) is 0 Å². The fraction of sp³-hybridized carbons (Fsp3) is 0.0556. The van der Waals surface area contributed by atoms with Gasteiger partial charge in [-0.05, 0) is 23.8 Å². The normalized spacial score (nSPS) is 10.9. The van der Waals surface area contributed by atoms with Gasteiger partial charge in [-0.15, -0.1) is 0 Å². The number of hydrogen-bond acceptors (Lipinski definition) is 5. The Bertz CT molecular complexity index is 1020. The lowest BCUT2D eigenvalue weighted by atomic mass is 10.1. The van der Waals surface area contributed by atoms with Crippen LogP contribution in [-0.4, -0.2) is 25.7 Å². The second kappa shape index (κ2) is 6.12. The van der Waals surface area contributed by atoms with Crippen LogP contribution in [0.4, 0.5) is 11.6 Å². The number of nitrogens with two attached hydrogens (primary N) is 1. The van der Waals surface area contributed by atoms with Crippen molar-refractivity contribution < 1.29 is 4.79 Å². The number of benzene rings is 2. The number of imidazole rings is 2. The van der Waals surface area contributed by atoms with E-state index in [-0.39, 0.29) is 5.78 Å². The lowest BCUT2D eigenvalue weighted by Crippen LogP contribution is -2.05. The van der Waals surface area contributed by atoms with Crippen molar-refractivity contribution >= 4 is 28.5 Å². The molecule has 7 nitrogen and oxygen atoms in total. The van der Waals surface area contributed by atoms with E-state index in [4.69, 9.17) is 5.73 Å². The molecule has 2 aromatic carbocycles. The Morgan fingerprint density at radius 1 is 1.16 bits per heavy atom. The molecule has 4 rings (SSSR count). The van der Waals surface area contributed by atoms with Gasteiger partial charge in [0.2, 0.25) is 11.7 Å². The van der Waals surface area contributed by atoms with Crippen molar-refractivity contribution in [1.29, 1.82) is 0 Å². The van der Waals surface area contributed by atoms with Crippen LogP contribution < -0.4 is 11.1 Å². The van der Waals surface area contributed by atoms with Crippen LogP contribution in [0, 0.1) is 0 Å². The van der Waals surface area contributed by atoms with E-state index >= 15 is 0 Å². The minimum absolute atomic E-state index is 0.126. The summed E-state index contributed by atoms with van der Waals surface area (Å²) in [4.78, 5) is 26.6. The summed E-state index contributed by atoms with van der Waals surface area (Å²) in [5, 5.41) is 3.24. The number of nitrogens with one attached hydrogen (secondary N) is 3. The summed E-state index contributed by atoms with van der Waals surface area (Å²) in [5.74, 6) is 0.892. The molecule has 0 aliphatic carbocycles. The zero-order chi connectivity index (χ0) is 17.2. The molecular weight excluding hydrogens is 316 g/mol. The molecular formula is C18H16N6O. The van der Waals surface area contributed by atoms with Gasteiger partial charge in [-0.2, -0.15) is 0 Å². The van der Waals surface area contributed by atoms with Crippen molar-refractivity contribution in [2.75, 3.05) is 11.1 Å². The molecule has 0 atom stereocenters. The molecule has 4 aromatic rings. The van der Waals surface area contributed by atoms with Gasteiger partial charge in [0, 0.05) is 30.2 Å². The van der Waals surface area contributed by atoms with E-state index in [1.807, 2.05) is 30.3 Å². The van der Waals surface area contributed by atoms with Crippen LogP contribution in [0.15, 0.2) is 54.9 Å². The van der Waals surface area contributed by atoms with E-state index in [1.54, 1.807) is 24.5 Å². The molecule has 25 heavy (non-hydrogen) atoms. The summed E-state index contributed by atoms with van der Waals surface area (Å²) in [6.45, 7) is 0.588. The Morgan fingerprint density at radius 2 is 2.00 bits per heavy atom. The van der Waals surface area contributed by atoms with E-state index in [9.17, 15) is 4.79 Å². The van der Waals surface area contributed by atoms with Crippen LogP contribution >= 0.6 is 0 Å². The van der Waals surface area contributed by atoms with Gasteiger partial charge in [0.05, 0.1) is 11.0 Å². The number of nitrogens with zero attached hydrogens (tertiary/aromatic N) is 2. The largest absolute Gasteiger partial charge is 0.399 e. The van der Waals surface area contributed by atoms with Gasteiger partial charge in [-0.1, -0.05) is 24.3 Å². The summed E-state index contributed by atoms with van der Waals surface area (Å²) in [7, 11) is 0. The standard InChI is InChI=1S/C18H16N6O/c19-13-5-6-14-15(9-13)24-18(23-14)22-10-11-1-3-12(4-2-11)16(25)17-20-7-8-21-17/h1-9H,10,19H2,(H,20,21)(H2,22,23,24). The highest BCUT2D eigenvalue weighted by Gasteiger charge is 2.11. The van der Waals surface area contributed by atoms with Crippen LogP contribution in [0.25, 0.3) is 11.0 Å². The number of hydrogen-bond donors (Lipinski definition) is 4. The Hall–Kier alpha value is -3.61. The monoisotopic (exact) mass is 332 g/mol. The molecule has 2 heterocycles.